The van der Waals surface area contributed by atoms with E-state index in [1.807, 2.05) is 13.0 Å². The minimum absolute atomic E-state index is 0.188. The van der Waals surface area contributed by atoms with E-state index in [0.717, 1.165) is 5.56 Å². The largest absolute Gasteiger partial charge is 0.475 e. The summed E-state index contributed by atoms with van der Waals surface area (Å²) in [6, 6.07) is 5.38. The zero-order chi connectivity index (χ0) is 10.3. The molecule has 14 heavy (non-hydrogen) atoms. The van der Waals surface area contributed by atoms with Gasteiger partial charge in [0.25, 0.3) is 0 Å². The third-order valence-corrected chi connectivity index (χ3v) is 2.08. The van der Waals surface area contributed by atoms with Crippen LogP contribution in [0.5, 0.6) is 0 Å². The van der Waals surface area contributed by atoms with Gasteiger partial charge in [-0.2, -0.15) is 0 Å². The molecule has 0 radical (unpaired) electrons. The molecule has 0 aliphatic heterocycles. The minimum Gasteiger partial charge on any atom is -0.475 e. The van der Waals surface area contributed by atoms with E-state index in [1.54, 1.807) is 12.1 Å². The van der Waals surface area contributed by atoms with Gasteiger partial charge in [-0.15, -0.1) is 0 Å². The monoisotopic (exact) mass is 191 g/mol. The summed E-state index contributed by atoms with van der Waals surface area (Å²) < 4.78 is 5.12. The zero-order valence-electron chi connectivity index (χ0n) is 7.57. The molecule has 0 bridgehead atoms. The van der Waals surface area contributed by atoms with Crippen molar-refractivity contribution in [1.29, 1.82) is 0 Å². The predicted molar refractivity (Wildman–Crippen MR) is 52.3 cm³/mol. The highest BCUT2D eigenvalue weighted by Gasteiger charge is 2.16. The van der Waals surface area contributed by atoms with Crippen LogP contribution in [0, 0.1) is 6.92 Å². The number of benzene rings is 1. The summed E-state index contributed by atoms with van der Waals surface area (Å²) in [5, 5.41) is 9.41. The van der Waals surface area contributed by atoms with Gasteiger partial charge < -0.3 is 15.3 Å². The molecule has 0 amide bonds. The number of furan rings is 1. The second-order valence-electron chi connectivity index (χ2n) is 3.15. The van der Waals surface area contributed by atoms with Gasteiger partial charge in [0.05, 0.1) is 5.69 Å². The highest BCUT2D eigenvalue weighted by Crippen LogP contribution is 2.28. The van der Waals surface area contributed by atoms with E-state index < -0.39 is 5.97 Å². The number of nitrogens with two attached hydrogens (primary N) is 1. The summed E-state index contributed by atoms with van der Waals surface area (Å²) in [6.45, 7) is 1.90. The minimum atomic E-state index is -1.14. The Kier molecular flexibility index (Phi) is 1.70. The van der Waals surface area contributed by atoms with E-state index in [2.05, 4.69) is 0 Å². The smallest absolute Gasteiger partial charge is 0.374 e. The topological polar surface area (TPSA) is 76.5 Å². The van der Waals surface area contributed by atoms with Crippen molar-refractivity contribution in [2.75, 3.05) is 5.73 Å². The molecule has 72 valence electrons. The summed E-state index contributed by atoms with van der Waals surface area (Å²) in [4.78, 5) is 10.7. The number of anilines is 1. The molecule has 0 spiro atoms. The van der Waals surface area contributed by atoms with Gasteiger partial charge in [0.15, 0.2) is 0 Å². The number of hydrogen-bond donors (Lipinski definition) is 2. The lowest BCUT2D eigenvalue weighted by molar-refractivity contribution is 0.0666. The molecule has 0 fully saturated rings. The summed E-state index contributed by atoms with van der Waals surface area (Å²) in [5.41, 5.74) is 7.32. The van der Waals surface area contributed by atoms with Crippen LogP contribution < -0.4 is 5.73 Å². The van der Waals surface area contributed by atoms with E-state index in [9.17, 15) is 4.79 Å². The molecular weight excluding hydrogens is 182 g/mol. The first-order valence-corrected chi connectivity index (χ1v) is 4.11. The summed E-state index contributed by atoms with van der Waals surface area (Å²) in [5.74, 6) is -1.33. The Morgan fingerprint density at radius 3 is 2.86 bits per heavy atom. The third-order valence-electron chi connectivity index (χ3n) is 2.08. The van der Waals surface area contributed by atoms with Gasteiger partial charge >= 0.3 is 5.97 Å². The van der Waals surface area contributed by atoms with Crippen molar-refractivity contribution in [2.45, 2.75) is 6.92 Å². The average Bonchev–Trinajstić information content (AvgIpc) is 2.43. The van der Waals surface area contributed by atoms with Crippen LogP contribution in [-0.2, 0) is 0 Å². The molecule has 0 saturated heterocycles. The van der Waals surface area contributed by atoms with Gasteiger partial charge in [-0.3, -0.25) is 0 Å². The van der Waals surface area contributed by atoms with Crippen LogP contribution >= 0.6 is 0 Å². The molecule has 4 heteroatoms. The van der Waals surface area contributed by atoms with Gasteiger partial charge in [0.1, 0.15) is 5.58 Å². The molecule has 0 unspecified atom stereocenters. The third kappa shape index (κ3) is 1.12. The van der Waals surface area contributed by atoms with Crippen LogP contribution in [0.1, 0.15) is 16.1 Å². The van der Waals surface area contributed by atoms with Gasteiger partial charge in [0, 0.05) is 5.39 Å². The highest BCUT2D eigenvalue weighted by molar-refractivity contribution is 6.02. The number of carboxylic acids is 1. The molecule has 0 saturated carbocycles. The lowest BCUT2D eigenvalue weighted by Gasteiger charge is -1.90. The Morgan fingerprint density at radius 2 is 2.21 bits per heavy atom. The molecule has 2 rings (SSSR count). The Bertz CT molecular complexity index is 513. The molecule has 1 aromatic heterocycles. The van der Waals surface area contributed by atoms with Crippen molar-refractivity contribution < 1.29 is 14.3 Å². The number of carboxylic acid groups (broad SMARTS) is 1. The van der Waals surface area contributed by atoms with E-state index in [4.69, 9.17) is 15.3 Å². The zero-order valence-corrected chi connectivity index (χ0v) is 7.57. The van der Waals surface area contributed by atoms with Crippen LogP contribution in [0.4, 0.5) is 5.69 Å². The maximum atomic E-state index is 10.7. The van der Waals surface area contributed by atoms with Crippen molar-refractivity contribution in [2.24, 2.45) is 0 Å². The molecule has 1 aromatic carbocycles. The summed E-state index contributed by atoms with van der Waals surface area (Å²) in [7, 11) is 0. The predicted octanol–water partition coefficient (Wildman–Crippen LogP) is 2.02. The van der Waals surface area contributed by atoms with E-state index in [-0.39, 0.29) is 11.4 Å². The lowest BCUT2D eigenvalue weighted by Crippen LogP contribution is -1.98. The van der Waals surface area contributed by atoms with Crippen molar-refractivity contribution in [1.82, 2.24) is 0 Å². The van der Waals surface area contributed by atoms with Crippen molar-refractivity contribution in [3.05, 3.63) is 29.5 Å². The molecule has 0 aliphatic rings. The molecule has 2 aromatic rings. The standard InChI is InChI=1S/C10H9NO3/c1-5-2-3-6-7(4-5)14-9(8(6)11)10(12)13/h2-4H,11H2,1H3,(H,12,13). The molecule has 1 heterocycles. The fourth-order valence-corrected chi connectivity index (χ4v) is 1.38. The first kappa shape index (κ1) is 8.62. The number of aromatic carboxylic acids is 1. The van der Waals surface area contributed by atoms with Crippen LogP contribution in [0.25, 0.3) is 11.0 Å². The molecule has 0 atom stereocenters. The Morgan fingerprint density at radius 1 is 1.50 bits per heavy atom. The second-order valence-corrected chi connectivity index (χ2v) is 3.15. The fourth-order valence-electron chi connectivity index (χ4n) is 1.38. The van der Waals surface area contributed by atoms with E-state index in [1.165, 1.54) is 0 Å². The van der Waals surface area contributed by atoms with Gasteiger partial charge in [-0.05, 0) is 24.6 Å². The molecule has 0 aliphatic carbocycles. The molecule has 3 N–H and O–H groups in total. The van der Waals surface area contributed by atoms with Gasteiger partial charge in [-0.1, -0.05) is 6.07 Å². The first-order chi connectivity index (χ1) is 6.59. The maximum absolute atomic E-state index is 10.7. The molecular formula is C10H9NO3. The lowest BCUT2D eigenvalue weighted by atomic mass is 10.1. The van der Waals surface area contributed by atoms with E-state index in [0.29, 0.717) is 11.0 Å². The van der Waals surface area contributed by atoms with Gasteiger partial charge in [-0.25, -0.2) is 4.79 Å². The number of carbonyl (C=O) groups is 1. The number of nitrogen functional groups attached to an aromatic ring is 1. The first-order valence-electron chi connectivity index (χ1n) is 4.11. The second kappa shape index (κ2) is 2.77. The van der Waals surface area contributed by atoms with Crippen LogP contribution in [0.15, 0.2) is 22.6 Å². The average molecular weight is 191 g/mol. The number of rotatable bonds is 1. The van der Waals surface area contributed by atoms with Crippen molar-refractivity contribution in [3.63, 3.8) is 0 Å². The number of fused-ring (bicyclic) bond motifs is 1. The Labute approximate surface area is 79.9 Å². The van der Waals surface area contributed by atoms with Crippen LogP contribution in [0.2, 0.25) is 0 Å². The summed E-state index contributed by atoms with van der Waals surface area (Å²) in [6.07, 6.45) is 0. The van der Waals surface area contributed by atoms with Crippen molar-refractivity contribution in [3.8, 4) is 0 Å². The number of hydrogen-bond acceptors (Lipinski definition) is 3. The SMILES string of the molecule is Cc1ccc2c(N)c(C(=O)O)oc2c1. The Balaban J connectivity index is 2.79. The summed E-state index contributed by atoms with van der Waals surface area (Å²) >= 11 is 0. The quantitative estimate of drug-likeness (QED) is 0.722. The van der Waals surface area contributed by atoms with Crippen LogP contribution in [0.3, 0.4) is 0 Å². The van der Waals surface area contributed by atoms with Crippen molar-refractivity contribution >= 4 is 22.6 Å². The van der Waals surface area contributed by atoms with E-state index >= 15 is 0 Å². The molecule has 4 nitrogen and oxygen atoms in total. The highest BCUT2D eigenvalue weighted by atomic mass is 16.4. The number of aryl methyl sites for hydroxylation is 1. The maximum Gasteiger partial charge on any atom is 0.374 e. The van der Waals surface area contributed by atoms with Gasteiger partial charge in [0.2, 0.25) is 5.76 Å². The Hall–Kier alpha value is -1.97. The fraction of sp³-hybridized carbons (Fsp3) is 0.100. The van der Waals surface area contributed by atoms with Crippen LogP contribution in [-0.4, -0.2) is 11.1 Å². The normalized spacial score (nSPS) is 10.6.